The van der Waals surface area contributed by atoms with E-state index >= 15 is 0 Å². The predicted octanol–water partition coefficient (Wildman–Crippen LogP) is 3.08. The van der Waals surface area contributed by atoms with Crippen LogP contribution >= 0.6 is 11.6 Å². The molecule has 146 valence electrons. The molecule has 0 radical (unpaired) electrons. The third-order valence-corrected chi connectivity index (χ3v) is 4.54. The Morgan fingerprint density at radius 2 is 1.77 bits per heavy atom. The summed E-state index contributed by atoms with van der Waals surface area (Å²) in [5.41, 5.74) is -0.0489. The van der Waals surface area contributed by atoms with E-state index in [0.717, 1.165) is 5.56 Å². The van der Waals surface area contributed by atoms with Crippen molar-refractivity contribution in [3.05, 3.63) is 34.6 Å². The molecule has 0 aliphatic rings. The van der Waals surface area contributed by atoms with Gasteiger partial charge < -0.3 is 16.0 Å². The van der Waals surface area contributed by atoms with Gasteiger partial charge in [0, 0.05) is 37.1 Å². The molecule has 0 saturated heterocycles. The standard InChI is InChI=1S/C19H30ClFN4O/c1-7-23-16(26)19(4,5)12-25-17(22-6)24-11-18(2,3)14-9-8-13(21)10-15(14)20/h8-10H,7,11-12H2,1-6H3,(H,23,26)(H2,22,24,25). The van der Waals surface area contributed by atoms with Crippen LogP contribution in [0.5, 0.6) is 0 Å². The lowest BCUT2D eigenvalue weighted by molar-refractivity contribution is -0.128. The zero-order valence-corrected chi connectivity index (χ0v) is 17.2. The van der Waals surface area contributed by atoms with Crippen LogP contribution in [0.3, 0.4) is 0 Å². The van der Waals surface area contributed by atoms with Crippen LogP contribution in [-0.2, 0) is 10.2 Å². The van der Waals surface area contributed by atoms with Crippen molar-refractivity contribution >= 4 is 23.5 Å². The van der Waals surface area contributed by atoms with Crippen LogP contribution in [0.15, 0.2) is 23.2 Å². The van der Waals surface area contributed by atoms with E-state index in [1.165, 1.54) is 12.1 Å². The molecule has 0 fully saturated rings. The summed E-state index contributed by atoms with van der Waals surface area (Å²) in [6, 6.07) is 4.43. The Hall–Kier alpha value is -1.82. The van der Waals surface area contributed by atoms with Crippen LogP contribution in [0.1, 0.15) is 40.2 Å². The van der Waals surface area contributed by atoms with E-state index in [9.17, 15) is 9.18 Å². The Kier molecular flexibility index (Phi) is 7.87. The summed E-state index contributed by atoms with van der Waals surface area (Å²) in [4.78, 5) is 16.3. The molecule has 7 heteroatoms. The van der Waals surface area contributed by atoms with E-state index in [2.05, 4.69) is 20.9 Å². The molecule has 0 spiro atoms. The number of nitrogens with zero attached hydrogens (tertiary/aromatic N) is 1. The molecule has 0 saturated carbocycles. The summed E-state index contributed by atoms with van der Waals surface area (Å²) in [5, 5.41) is 9.66. The van der Waals surface area contributed by atoms with Crippen LogP contribution < -0.4 is 16.0 Å². The topological polar surface area (TPSA) is 65.5 Å². The first-order chi connectivity index (χ1) is 12.0. The Morgan fingerprint density at radius 1 is 1.15 bits per heavy atom. The number of carbonyl (C=O) groups excluding carboxylic acids is 1. The van der Waals surface area contributed by atoms with Gasteiger partial charge in [0.15, 0.2) is 5.96 Å². The molecular formula is C19H30ClFN4O. The number of halogens is 2. The lowest BCUT2D eigenvalue weighted by atomic mass is 9.84. The van der Waals surface area contributed by atoms with E-state index in [0.29, 0.717) is 30.6 Å². The number of amides is 1. The minimum absolute atomic E-state index is 0.0126. The molecule has 26 heavy (non-hydrogen) atoms. The maximum absolute atomic E-state index is 13.3. The predicted molar refractivity (Wildman–Crippen MR) is 106 cm³/mol. The van der Waals surface area contributed by atoms with Crippen molar-refractivity contribution in [3.8, 4) is 0 Å². The number of benzene rings is 1. The highest BCUT2D eigenvalue weighted by atomic mass is 35.5. The van der Waals surface area contributed by atoms with Crippen molar-refractivity contribution in [2.45, 2.75) is 40.0 Å². The van der Waals surface area contributed by atoms with Gasteiger partial charge in [-0.1, -0.05) is 31.5 Å². The van der Waals surface area contributed by atoms with Gasteiger partial charge in [0.05, 0.1) is 5.41 Å². The average molecular weight is 385 g/mol. The summed E-state index contributed by atoms with van der Waals surface area (Å²) < 4.78 is 13.3. The first-order valence-corrected chi connectivity index (χ1v) is 9.09. The van der Waals surface area contributed by atoms with Gasteiger partial charge in [-0.05, 0) is 38.5 Å². The van der Waals surface area contributed by atoms with Gasteiger partial charge in [-0.15, -0.1) is 0 Å². The van der Waals surface area contributed by atoms with Crippen LogP contribution in [0, 0.1) is 11.2 Å². The van der Waals surface area contributed by atoms with Gasteiger partial charge in [-0.25, -0.2) is 4.39 Å². The number of aliphatic imine (C=N–C) groups is 1. The van der Waals surface area contributed by atoms with E-state index in [1.54, 1.807) is 13.1 Å². The average Bonchev–Trinajstić information content (AvgIpc) is 2.54. The Morgan fingerprint density at radius 3 is 2.31 bits per heavy atom. The van der Waals surface area contributed by atoms with Gasteiger partial charge in [-0.2, -0.15) is 0 Å². The molecule has 1 aromatic rings. The lowest BCUT2D eigenvalue weighted by Gasteiger charge is -2.29. The molecule has 1 amide bonds. The molecule has 1 aromatic carbocycles. The van der Waals surface area contributed by atoms with Crippen LogP contribution in [0.25, 0.3) is 0 Å². The maximum atomic E-state index is 13.3. The first-order valence-electron chi connectivity index (χ1n) is 8.72. The summed E-state index contributed by atoms with van der Waals surface area (Å²) in [6.07, 6.45) is 0. The summed E-state index contributed by atoms with van der Waals surface area (Å²) in [6.45, 7) is 11.3. The Bertz CT molecular complexity index is 659. The number of rotatable bonds is 7. The summed E-state index contributed by atoms with van der Waals surface area (Å²) in [5.74, 6) is 0.225. The molecular weight excluding hydrogens is 355 g/mol. The quantitative estimate of drug-likeness (QED) is 0.500. The minimum Gasteiger partial charge on any atom is -0.356 e. The Balaban J connectivity index is 2.70. The minimum atomic E-state index is -0.566. The largest absolute Gasteiger partial charge is 0.356 e. The highest BCUT2D eigenvalue weighted by Gasteiger charge is 2.28. The molecule has 0 heterocycles. The number of hydrogen-bond donors (Lipinski definition) is 3. The molecule has 0 aliphatic carbocycles. The van der Waals surface area contributed by atoms with E-state index in [1.807, 2.05) is 34.6 Å². The molecule has 1 rings (SSSR count). The summed E-state index contributed by atoms with van der Waals surface area (Å²) in [7, 11) is 1.67. The lowest BCUT2D eigenvalue weighted by Crippen LogP contribution is -2.49. The van der Waals surface area contributed by atoms with E-state index < -0.39 is 5.41 Å². The second-order valence-electron chi connectivity index (χ2n) is 7.53. The van der Waals surface area contributed by atoms with Crippen molar-refractivity contribution in [1.82, 2.24) is 16.0 Å². The van der Waals surface area contributed by atoms with Crippen molar-refractivity contribution in [1.29, 1.82) is 0 Å². The molecule has 0 bridgehead atoms. The SMILES string of the molecule is CCNC(=O)C(C)(C)CNC(=NC)NCC(C)(C)c1ccc(F)cc1Cl. The van der Waals surface area contributed by atoms with Crippen molar-refractivity contribution in [3.63, 3.8) is 0 Å². The van der Waals surface area contributed by atoms with Gasteiger partial charge in [0.2, 0.25) is 5.91 Å². The number of hydrogen-bond acceptors (Lipinski definition) is 2. The van der Waals surface area contributed by atoms with Crippen molar-refractivity contribution in [2.24, 2.45) is 10.4 Å². The third kappa shape index (κ3) is 6.16. The second-order valence-corrected chi connectivity index (χ2v) is 7.94. The molecule has 0 aromatic heterocycles. The van der Waals surface area contributed by atoms with Crippen molar-refractivity contribution in [2.75, 3.05) is 26.7 Å². The number of guanidine groups is 1. The van der Waals surface area contributed by atoms with Crippen molar-refractivity contribution < 1.29 is 9.18 Å². The summed E-state index contributed by atoms with van der Waals surface area (Å²) >= 11 is 6.19. The molecule has 5 nitrogen and oxygen atoms in total. The van der Waals surface area contributed by atoms with Gasteiger partial charge in [0.25, 0.3) is 0 Å². The van der Waals surface area contributed by atoms with Gasteiger partial charge in [0.1, 0.15) is 5.82 Å². The molecule has 0 atom stereocenters. The van der Waals surface area contributed by atoms with E-state index in [-0.39, 0.29) is 17.1 Å². The fraction of sp³-hybridized carbons (Fsp3) is 0.579. The molecule has 0 unspecified atom stereocenters. The number of nitrogens with one attached hydrogen (secondary N) is 3. The fourth-order valence-corrected chi connectivity index (χ4v) is 2.87. The maximum Gasteiger partial charge on any atom is 0.227 e. The van der Waals surface area contributed by atoms with E-state index in [4.69, 9.17) is 11.6 Å². The van der Waals surface area contributed by atoms with Crippen LogP contribution in [0.4, 0.5) is 4.39 Å². The number of carbonyl (C=O) groups is 1. The third-order valence-electron chi connectivity index (χ3n) is 4.23. The first kappa shape index (κ1) is 22.2. The monoisotopic (exact) mass is 384 g/mol. The molecule has 0 aliphatic heterocycles. The van der Waals surface area contributed by atoms with Crippen LogP contribution in [0.2, 0.25) is 5.02 Å². The zero-order chi connectivity index (χ0) is 20.0. The second kappa shape index (κ2) is 9.21. The van der Waals surface area contributed by atoms with Crippen LogP contribution in [-0.4, -0.2) is 38.5 Å². The highest BCUT2D eigenvalue weighted by molar-refractivity contribution is 6.31. The normalized spacial score (nSPS) is 12.7. The zero-order valence-electron chi connectivity index (χ0n) is 16.5. The highest BCUT2D eigenvalue weighted by Crippen LogP contribution is 2.29. The van der Waals surface area contributed by atoms with Gasteiger partial charge >= 0.3 is 0 Å². The Labute approximate surface area is 160 Å². The van der Waals surface area contributed by atoms with Gasteiger partial charge in [-0.3, -0.25) is 9.79 Å². The fourth-order valence-electron chi connectivity index (χ4n) is 2.44. The smallest absolute Gasteiger partial charge is 0.227 e. The molecule has 3 N–H and O–H groups in total.